The zero-order valence-corrected chi connectivity index (χ0v) is 26.1. The van der Waals surface area contributed by atoms with E-state index in [1.54, 1.807) is 0 Å². The van der Waals surface area contributed by atoms with Gasteiger partial charge in [-0.2, -0.15) is 4.98 Å². The zero-order valence-electron chi connectivity index (χ0n) is 26.1. The minimum absolute atomic E-state index is 0.0650. The lowest BCUT2D eigenvalue weighted by atomic mass is 9.87. The molecule has 5 aromatic rings. The molecule has 0 spiro atoms. The summed E-state index contributed by atoms with van der Waals surface area (Å²) in [5, 5.41) is 0. The van der Waals surface area contributed by atoms with Crippen LogP contribution in [0.15, 0.2) is 121 Å². The van der Waals surface area contributed by atoms with Crippen LogP contribution in [0, 0.1) is 12.8 Å². The molecule has 1 aliphatic rings. The molecule has 46 heavy (non-hydrogen) atoms. The van der Waals surface area contributed by atoms with Gasteiger partial charge in [0, 0.05) is 11.6 Å². The Morgan fingerprint density at radius 2 is 1.26 bits per heavy atom. The number of carbonyl (C=O) groups is 1. The van der Waals surface area contributed by atoms with Gasteiger partial charge in [-0.15, -0.1) is 0 Å². The van der Waals surface area contributed by atoms with E-state index in [2.05, 4.69) is 13.0 Å². The monoisotopic (exact) mass is 613 g/mol. The second-order valence-corrected chi connectivity index (χ2v) is 11.7. The number of hydrogen-bond acceptors (Lipinski definition) is 6. The molecule has 6 rings (SSSR count). The van der Waals surface area contributed by atoms with Crippen molar-refractivity contribution in [2.24, 2.45) is 5.92 Å². The van der Waals surface area contributed by atoms with E-state index in [4.69, 9.17) is 23.9 Å². The summed E-state index contributed by atoms with van der Waals surface area (Å²) in [6.07, 6.45) is 3.23. The van der Waals surface area contributed by atoms with Crippen molar-refractivity contribution in [2.75, 3.05) is 0 Å². The predicted octanol–water partition coefficient (Wildman–Crippen LogP) is 8.90. The Labute approximate surface area is 271 Å². The molecule has 234 valence electrons. The van der Waals surface area contributed by atoms with E-state index in [1.165, 1.54) is 0 Å². The van der Waals surface area contributed by atoms with Gasteiger partial charge in [0.05, 0.1) is 12.0 Å². The van der Waals surface area contributed by atoms with E-state index >= 15 is 0 Å². The summed E-state index contributed by atoms with van der Waals surface area (Å²) in [5.41, 5.74) is 6.03. The second kappa shape index (κ2) is 15.3. The van der Waals surface area contributed by atoms with Crippen molar-refractivity contribution in [1.29, 1.82) is 0 Å². The first kappa shape index (κ1) is 30.9. The van der Waals surface area contributed by atoms with Crippen molar-refractivity contribution < 1.29 is 23.7 Å². The molecular formula is C40H39NO5. The van der Waals surface area contributed by atoms with Crippen LogP contribution in [0.2, 0.25) is 0 Å². The van der Waals surface area contributed by atoms with E-state index in [9.17, 15) is 4.79 Å². The van der Waals surface area contributed by atoms with Crippen LogP contribution in [-0.2, 0) is 29.4 Å². The van der Waals surface area contributed by atoms with Crippen molar-refractivity contribution in [3.63, 3.8) is 0 Å². The lowest BCUT2D eigenvalue weighted by molar-refractivity contribution is -0.151. The molecule has 1 fully saturated rings. The van der Waals surface area contributed by atoms with Gasteiger partial charge in [-0.25, -0.2) is 0 Å². The van der Waals surface area contributed by atoms with Crippen LogP contribution in [0.1, 0.15) is 47.9 Å². The molecular weight excluding hydrogens is 574 g/mol. The van der Waals surface area contributed by atoms with Crippen LogP contribution in [0.3, 0.4) is 0 Å². The fourth-order valence-corrected chi connectivity index (χ4v) is 5.68. The van der Waals surface area contributed by atoms with Crippen molar-refractivity contribution in [2.45, 2.75) is 58.5 Å². The van der Waals surface area contributed by atoms with Gasteiger partial charge in [-0.3, -0.25) is 4.79 Å². The molecule has 1 saturated carbocycles. The van der Waals surface area contributed by atoms with Crippen LogP contribution in [0.5, 0.6) is 17.5 Å². The molecule has 0 N–H and O–H groups in total. The third kappa shape index (κ3) is 8.33. The van der Waals surface area contributed by atoms with E-state index in [1.807, 2.05) is 115 Å². The van der Waals surface area contributed by atoms with Crippen LogP contribution < -0.4 is 14.2 Å². The molecule has 6 heteroatoms. The fraction of sp³-hybridized carbons (Fsp3) is 0.250. The Morgan fingerprint density at radius 1 is 0.674 bits per heavy atom. The number of rotatable bonds is 12. The van der Waals surface area contributed by atoms with Gasteiger partial charge in [-0.05, 0) is 78.6 Å². The van der Waals surface area contributed by atoms with Crippen LogP contribution in [0.25, 0.3) is 11.1 Å². The van der Waals surface area contributed by atoms with E-state index in [0.717, 1.165) is 64.8 Å². The summed E-state index contributed by atoms with van der Waals surface area (Å²) in [6, 6.07) is 40.0. The van der Waals surface area contributed by atoms with Gasteiger partial charge < -0.3 is 18.9 Å². The summed E-state index contributed by atoms with van der Waals surface area (Å²) >= 11 is 0. The molecule has 1 aromatic heterocycles. The first-order valence-corrected chi connectivity index (χ1v) is 15.9. The number of aryl methyl sites for hydroxylation is 1. The smallest absolute Gasteiger partial charge is 0.309 e. The number of esters is 1. The number of nitrogens with zero attached hydrogens (tertiary/aromatic N) is 1. The lowest BCUT2D eigenvalue weighted by Gasteiger charge is -2.28. The molecule has 4 aromatic carbocycles. The van der Waals surface area contributed by atoms with Crippen LogP contribution >= 0.6 is 0 Å². The summed E-state index contributed by atoms with van der Waals surface area (Å²) in [7, 11) is 0. The van der Waals surface area contributed by atoms with Gasteiger partial charge in [-0.1, -0.05) is 97.1 Å². The van der Waals surface area contributed by atoms with Crippen molar-refractivity contribution in [1.82, 2.24) is 4.98 Å². The molecule has 0 radical (unpaired) electrons. The Bertz CT molecular complexity index is 1700. The molecule has 1 aliphatic carbocycles. The highest BCUT2D eigenvalue weighted by atomic mass is 16.5. The number of carbonyl (C=O) groups excluding carboxylic acids is 1. The first-order chi connectivity index (χ1) is 22.6. The number of hydrogen-bond donors (Lipinski definition) is 0. The molecule has 6 nitrogen and oxygen atoms in total. The topological polar surface area (TPSA) is 66.9 Å². The highest BCUT2D eigenvalue weighted by Gasteiger charge is 2.28. The second-order valence-electron chi connectivity index (χ2n) is 11.7. The standard InChI is InChI=1S/C40H39NO5/c1-29-25-34(19-23-37(29)46-35-20-17-33(18-21-35)40(42)45-28-32-15-9-4-10-16-32)36-22-24-38(43-26-30-11-5-2-6-12-30)41-39(36)44-27-31-13-7-3-8-14-31/h2-16,19,22-25,33,35H,17-18,20-21,26-28H2,1H3. The third-order valence-electron chi connectivity index (χ3n) is 8.29. The lowest BCUT2D eigenvalue weighted by Crippen LogP contribution is -2.29. The molecule has 0 aliphatic heterocycles. The largest absolute Gasteiger partial charge is 0.490 e. The minimum Gasteiger partial charge on any atom is -0.490 e. The summed E-state index contributed by atoms with van der Waals surface area (Å²) < 4.78 is 24.3. The van der Waals surface area contributed by atoms with Crippen molar-refractivity contribution >= 4 is 5.97 Å². The highest BCUT2D eigenvalue weighted by Crippen LogP contribution is 2.35. The minimum atomic E-state index is -0.113. The average Bonchev–Trinajstić information content (AvgIpc) is 3.11. The Hall–Kier alpha value is -5.10. The highest BCUT2D eigenvalue weighted by molar-refractivity contribution is 5.72. The van der Waals surface area contributed by atoms with E-state index in [-0.39, 0.29) is 18.0 Å². The van der Waals surface area contributed by atoms with Gasteiger partial charge >= 0.3 is 5.97 Å². The molecule has 0 bridgehead atoms. The SMILES string of the molecule is Cc1cc(-c2ccc(OCc3ccccc3)nc2OCc2ccccc2)ccc1OC1CCC(C(=O)OCc2ccccc2)CC1. The molecule has 0 atom stereocenters. The number of ether oxygens (including phenoxy) is 4. The van der Waals surface area contributed by atoms with Crippen LogP contribution in [-0.4, -0.2) is 17.1 Å². The van der Waals surface area contributed by atoms with Gasteiger partial charge in [0.2, 0.25) is 11.8 Å². The van der Waals surface area contributed by atoms with Crippen molar-refractivity contribution in [3.05, 3.63) is 144 Å². The van der Waals surface area contributed by atoms with E-state index < -0.39 is 0 Å². The summed E-state index contributed by atoms with van der Waals surface area (Å²) in [6.45, 7) is 3.19. The summed E-state index contributed by atoms with van der Waals surface area (Å²) in [5.74, 6) is 1.68. The van der Waals surface area contributed by atoms with E-state index in [0.29, 0.717) is 31.6 Å². The fourth-order valence-electron chi connectivity index (χ4n) is 5.68. The van der Waals surface area contributed by atoms with Crippen LogP contribution in [0.4, 0.5) is 0 Å². The van der Waals surface area contributed by atoms with Crippen molar-refractivity contribution in [3.8, 4) is 28.6 Å². The Kier molecular flexibility index (Phi) is 10.3. The normalized spacial score (nSPS) is 15.9. The molecule has 0 amide bonds. The quantitative estimate of drug-likeness (QED) is 0.131. The zero-order chi connectivity index (χ0) is 31.6. The first-order valence-electron chi connectivity index (χ1n) is 15.9. The number of pyridine rings is 1. The maximum atomic E-state index is 12.7. The maximum Gasteiger partial charge on any atom is 0.309 e. The van der Waals surface area contributed by atoms with Gasteiger partial charge in [0.1, 0.15) is 25.6 Å². The Balaban J connectivity index is 1.09. The molecule has 0 saturated heterocycles. The Morgan fingerprint density at radius 3 is 1.87 bits per heavy atom. The molecule has 0 unspecified atom stereocenters. The van der Waals surface area contributed by atoms with Gasteiger partial charge in [0.15, 0.2) is 0 Å². The number of benzene rings is 4. The maximum absolute atomic E-state index is 12.7. The summed E-state index contributed by atoms with van der Waals surface area (Å²) in [4.78, 5) is 17.4. The number of aromatic nitrogens is 1. The average molecular weight is 614 g/mol. The van der Waals surface area contributed by atoms with Gasteiger partial charge in [0.25, 0.3) is 0 Å². The molecule has 1 heterocycles. The predicted molar refractivity (Wildman–Crippen MR) is 179 cm³/mol. The third-order valence-corrected chi connectivity index (χ3v) is 8.29.